The number of hydrogen-bond donors (Lipinski definition) is 2. The average Bonchev–Trinajstić information content (AvgIpc) is 3.52. The monoisotopic (exact) mass is 540 g/mol. The van der Waals surface area contributed by atoms with Gasteiger partial charge in [0, 0.05) is 41.2 Å². The normalized spacial score (nSPS) is 17.3. The molecule has 1 amide bonds. The van der Waals surface area contributed by atoms with Crippen molar-refractivity contribution in [2.75, 3.05) is 13.7 Å². The number of amides is 1. The lowest BCUT2D eigenvalue weighted by Crippen LogP contribution is -2.31. The summed E-state index contributed by atoms with van der Waals surface area (Å²) in [5.41, 5.74) is 2.08. The highest BCUT2D eigenvalue weighted by Crippen LogP contribution is 2.41. The summed E-state index contributed by atoms with van der Waals surface area (Å²) < 4.78 is 7.49. The second kappa shape index (κ2) is 9.91. The van der Waals surface area contributed by atoms with Crippen molar-refractivity contribution in [2.45, 2.75) is 32.9 Å². The van der Waals surface area contributed by atoms with Gasteiger partial charge in [0.2, 0.25) is 0 Å². The number of carbonyl (C=O) groups is 3. The van der Waals surface area contributed by atoms with Gasteiger partial charge in [0.05, 0.1) is 25.1 Å². The Kier molecular flexibility index (Phi) is 6.93. The third-order valence-corrected chi connectivity index (χ3v) is 6.64. The first-order valence-electron chi connectivity index (χ1n) is 11.0. The molecule has 2 aromatic heterocycles. The largest absolute Gasteiger partial charge is 0.507 e. The first kappa shape index (κ1) is 24.5. The highest BCUT2D eigenvalue weighted by molar-refractivity contribution is 9.10. The Bertz CT molecular complexity index is 1330. The van der Waals surface area contributed by atoms with Gasteiger partial charge < -0.3 is 24.3 Å². The van der Waals surface area contributed by atoms with E-state index >= 15 is 0 Å². The van der Waals surface area contributed by atoms with Crippen LogP contribution >= 0.6 is 15.9 Å². The van der Waals surface area contributed by atoms with Gasteiger partial charge in [-0.25, -0.2) is 9.78 Å². The molecule has 1 aliphatic heterocycles. The van der Waals surface area contributed by atoms with Crippen LogP contribution in [0, 0.1) is 13.8 Å². The quantitative estimate of drug-likeness (QED) is 0.203. The number of ether oxygens (including phenoxy) is 1. The molecule has 0 spiro atoms. The molecule has 182 valence electrons. The molecule has 2 N–H and O–H groups in total. The van der Waals surface area contributed by atoms with Crippen molar-refractivity contribution >= 4 is 39.3 Å². The SMILES string of the molecule is COC(=O)c1[nH]c(C)c(C(O)=C2C(=O)C(=O)N(CCCn3ccnc3)[C@H]2c2cccc(Br)c2)c1C. The zero-order valence-corrected chi connectivity index (χ0v) is 21.1. The number of nitrogens with zero attached hydrogens (tertiary/aromatic N) is 3. The van der Waals surface area contributed by atoms with Gasteiger partial charge in [-0.1, -0.05) is 28.1 Å². The van der Waals surface area contributed by atoms with Gasteiger partial charge >= 0.3 is 5.97 Å². The van der Waals surface area contributed by atoms with Crippen LogP contribution in [0.25, 0.3) is 5.76 Å². The minimum atomic E-state index is -0.787. The summed E-state index contributed by atoms with van der Waals surface area (Å²) in [7, 11) is 1.26. The van der Waals surface area contributed by atoms with Crippen molar-refractivity contribution in [3.05, 3.63) is 81.1 Å². The smallest absolute Gasteiger partial charge is 0.354 e. The number of halogens is 1. The van der Waals surface area contributed by atoms with Crippen molar-refractivity contribution < 1.29 is 24.2 Å². The number of Topliss-reactive ketones (excluding diaryl/α,β-unsaturated/α-hetero) is 1. The molecule has 1 aliphatic rings. The zero-order valence-electron chi connectivity index (χ0n) is 19.5. The van der Waals surface area contributed by atoms with Gasteiger partial charge in [0.1, 0.15) is 11.5 Å². The number of likely N-dealkylation sites (tertiary alicyclic amines) is 1. The van der Waals surface area contributed by atoms with E-state index in [-0.39, 0.29) is 17.0 Å². The average molecular weight is 541 g/mol. The van der Waals surface area contributed by atoms with E-state index in [0.29, 0.717) is 41.9 Å². The summed E-state index contributed by atoms with van der Waals surface area (Å²) in [6, 6.07) is 6.51. The third kappa shape index (κ3) is 4.53. The molecule has 0 radical (unpaired) electrons. The first-order chi connectivity index (χ1) is 16.7. The molecule has 4 rings (SSSR count). The van der Waals surface area contributed by atoms with Gasteiger partial charge in [-0.2, -0.15) is 0 Å². The topological polar surface area (TPSA) is 118 Å². The van der Waals surface area contributed by atoms with Crippen LogP contribution in [0.1, 0.15) is 45.3 Å². The van der Waals surface area contributed by atoms with Crippen molar-refractivity contribution in [3.63, 3.8) is 0 Å². The van der Waals surface area contributed by atoms with E-state index in [9.17, 15) is 19.5 Å². The summed E-state index contributed by atoms with van der Waals surface area (Å²) in [4.78, 5) is 47.0. The Morgan fingerprint density at radius 2 is 2.03 bits per heavy atom. The molecule has 1 aromatic carbocycles. The van der Waals surface area contributed by atoms with Crippen LogP contribution in [0.5, 0.6) is 0 Å². The van der Waals surface area contributed by atoms with Crippen molar-refractivity contribution in [2.24, 2.45) is 0 Å². The fourth-order valence-electron chi connectivity index (χ4n) is 4.52. The molecule has 0 unspecified atom stereocenters. The highest BCUT2D eigenvalue weighted by Gasteiger charge is 2.46. The Hall–Kier alpha value is -3.66. The molecular weight excluding hydrogens is 516 g/mol. The number of methoxy groups -OCH3 is 1. The number of aliphatic hydroxyl groups excluding tert-OH is 1. The van der Waals surface area contributed by atoms with E-state index in [4.69, 9.17) is 4.74 Å². The molecule has 35 heavy (non-hydrogen) atoms. The molecular formula is C25H25BrN4O5. The van der Waals surface area contributed by atoms with Crippen LogP contribution in [0.4, 0.5) is 0 Å². The molecule has 1 fully saturated rings. The standard InChI is InChI=1S/C25H25BrN4O5/c1-14-18(15(2)28-20(14)25(34)35-3)22(31)19-21(16-6-4-7-17(26)12-16)30(24(33)23(19)32)10-5-9-29-11-8-27-13-29/h4,6-8,11-13,21,28,31H,5,9-10H2,1-3H3/t21-/m0/s1. The lowest BCUT2D eigenvalue weighted by molar-refractivity contribution is -0.139. The summed E-state index contributed by atoms with van der Waals surface area (Å²) >= 11 is 3.46. The summed E-state index contributed by atoms with van der Waals surface area (Å²) in [6.45, 7) is 4.26. The Labute approximate surface area is 210 Å². The maximum absolute atomic E-state index is 13.3. The number of imidazole rings is 1. The molecule has 0 aliphatic carbocycles. The lowest BCUT2D eigenvalue weighted by Gasteiger charge is -2.25. The molecule has 3 aromatic rings. The van der Waals surface area contributed by atoms with Crippen LogP contribution < -0.4 is 0 Å². The summed E-state index contributed by atoms with van der Waals surface area (Å²) in [5.74, 6) is -2.36. The number of aromatic nitrogens is 3. The molecule has 1 saturated heterocycles. The zero-order chi connectivity index (χ0) is 25.3. The number of benzene rings is 1. The second-order valence-corrected chi connectivity index (χ2v) is 9.23. The fraction of sp³-hybridized carbons (Fsp3) is 0.280. The lowest BCUT2D eigenvalue weighted by atomic mass is 9.94. The molecule has 0 saturated carbocycles. The number of carbonyl (C=O) groups excluding carboxylic acids is 3. The highest BCUT2D eigenvalue weighted by atomic mass is 79.9. The maximum Gasteiger partial charge on any atom is 0.354 e. The van der Waals surface area contributed by atoms with Crippen molar-refractivity contribution in [1.82, 2.24) is 19.4 Å². The molecule has 9 nitrogen and oxygen atoms in total. The van der Waals surface area contributed by atoms with E-state index in [1.165, 1.54) is 12.0 Å². The summed E-state index contributed by atoms with van der Waals surface area (Å²) in [6.07, 6.45) is 5.78. The first-order valence-corrected chi connectivity index (χ1v) is 11.8. The van der Waals surface area contributed by atoms with Crippen molar-refractivity contribution in [3.8, 4) is 0 Å². The molecule has 1 atom stereocenters. The van der Waals surface area contributed by atoms with E-state index in [0.717, 1.165) is 4.47 Å². The minimum Gasteiger partial charge on any atom is -0.507 e. The van der Waals surface area contributed by atoms with Crippen LogP contribution in [-0.4, -0.2) is 55.9 Å². The number of hydrogen-bond acceptors (Lipinski definition) is 6. The van der Waals surface area contributed by atoms with Crippen LogP contribution in [0.2, 0.25) is 0 Å². The number of aromatic amines is 1. The number of rotatable bonds is 7. The van der Waals surface area contributed by atoms with Gasteiger partial charge in [0.15, 0.2) is 0 Å². The van der Waals surface area contributed by atoms with Crippen molar-refractivity contribution in [1.29, 1.82) is 0 Å². The predicted molar refractivity (Wildman–Crippen MR) is 132 cm³/mol. The van der Waals surface area contributed by atoms with Gasteiger partial charge in [0.25, 0.3) is 11.7 Å². The van der Waals surface area contributed by atoms with Crippen LogP contribution in [0.15, 0.2) is 53.0 Å². The van der Waals surface area contributed by atoms with Gasteiger partial charge in [-0.15, -0.1) is 0 Å². The summed E-state index contributed by atoms with van der Waals surface area (Å²) in [5, 5.41) is 11.4. The van der Waals surface area contributed by atoms with Gasteiger partial charge in [-0.05, 0) is 43.5 Å². The Morgan fingerprint density at radius 3 is 2.69 bits per heavy atom. The fourth-order valence-corrected chi connectivity index (χ4v) is 4.94. The molecule has 0 bridgehead atoms. The third-order valence-electron chi connectivity index (χ3n) is 6.14. The van der Waals surface area contributed by atoms with E-state index in [1.54, 1.807) is 26.4 Å². The number of nitrogens with one attached hydrogen (secondary N) is 1. The minimum absolute atomic E-state index is 0.0163. The van der Waals surface area contributed by atoms with Crippen LogP contribution in [0.3, 0.4) is 0 Å². The van der Waals surface area contributed by atoms with E-state index < -0.39 is 23.7 Å². The number of H-pyrrole nitrogens is 1. The van der Waals surface area contributed by atoms with Crippen LogP contribution in [-0.2, 0) is 20.9 Å². The van der Waals surface area contributed by atoms with Gasteiger partial charge in [-0.3, -0.25) is 9.59 Å². The van der Waals surface area contributed by atoms with E-state index in [2.05, 4.69) is 25.9 Å². The second-order valence-electron chi connectivity index (χ2n) is 8.32. The molecule has 10 heteroatoms. The number of aliphatic hydroxyl groups is 1. The van der Waals surface area contributed by atoms with E-state index in [1.807, 2.05) is 35.0 Å². The maximum atomic E-state index is 13.3. The Balaban J connectivity index is 1.80. The Morgan fingerprint density at radius 1 is 1.26 bits per heavy atom. The molecule has 3 heterocycles. The predicted octanol–water partition coefficient (Wildman–Crippen LogP) is 3.89. The number of aryl methyl sites for hydroxylation is 2. The number of ketones is 1. The number of esters is 1.